The smallest absolute Gasteiger partial charge is 0.351 e. The number of benzene rings is 1. The molecule has 1 fully saturated rings. The summed E-state index contributed by atoms with van der Waals surface area (Å²) in [6, 6.07) is 9.81. The number of hydrogen-bond acceptors (Lipinski definition) is 4. The summed E-state index contributed by atoms with van der Waals surface area (Å²) in [5.41, 5.74) is 1.89. The molecule has 1 aliphatic rings. The Balaban J connectivity index is 1.57. The molecule has 1 aromatic carbocycles. The zero-order valence-corrected chi connectivity index (χ0v) is 15.9. The van der Waals surface area contributed by atoms with E-state index in [9.17, 15) is 18.0 Å². The third-order valence-electron chi connectivity index (χ3n) is 4.62. The van der Waals surface area contributed by atoms with Crippen molar-refractivity contribution in [2.45, 2.75) is 32.5 Å². The predicted molar refractivity (Wildman–Crippen MR) is 99.4 cm³/mol. The molecule has 1 aliphatic heterocycles. The molecule has 1 unspecified atom stereocenters. The molecule has 0 saturated carbocycles. The number of halogens is 3. The van der Waals surface area contributed by atoms with Crippen molar-refractivity contribution in [3.8, 4) is 10.6 Å². The summed E-state index contributed by atoms with van der Waals surface area (Å²) in [6.07, 6.45) is -3.00. The number of nitrogens with zero attached hydrogens (tertiary/aromatic N) is 2. The molecule has 1 atom stereocenters. The maximum Gasteiger partial charge on any atom is 0.401 e. The Morgan fingerprint density at radius 2 is 2.07 bits per heavy atom. The van der Waals surface area contributed by atoms with E-state index in [1.165, 1.54) is 16.2 Å². The summed E-state index contributed by atoms with van der Waals surface area (Å²) in [5.74, 6) is -0.584. The van der Waals surface area contributed by atoms with E-state index in [0.717, 1.165) is 21.1 Å². The highest BCUT2D eigenvalue weighted by Crippen LogP contribution is 2.28. The van der Waals surface area contributed by atoms with Crippen LogP contribution in [0.15, 0.2) is 30.3 Å². The number of carbonyl (C=O) groups is 1. The molecule has 1 aromatic heterocycles. The number of piperidine rings is 1. The molecule has 2 aromatic rings. The second kappa shape index (κ2) is 8.39. The molecule has 3 rings (SSSR count). The first-order chi connectivity index (χ1) is 12.8. The number of thiazole rings is 1. The van der Waals surface area contributed by atoms with Crippen LogP contribution in [-0.4, -0.2) is 41.6 Å². The average molecular weight is 397 g/mol. The van der Waals surface area contributed by atoms with Gasteiger partial charge in [0, 0.05) is 17.0 Å². The van der Waals surface area contributed by atoms with Gasteiger partial charge in [-0.1, -0.05) is 30.3 Å². The summed E-state index contributed by atoms with van der Waals surface area (Å²) < 4.78 is 37.7. The summed E-state index contributed by atoms with van der Waals surface area (Å²) in [4.78, 5) is 19.3. The van der Waals surface area contributed by atoms with Crippen molar-refractivity contribution in [2.24, 2.45) is 5.92 Å². The summed E-state index contributed by atoms with van der Waals surface area (Å²) in [5, 5.41) is 3.78. The van der Waals surface area contributed by atoms with Crippen molar-refractivity contribution in [3.63, 3.8) is 0 Å². The molecule has 2 heterocycles. The Morgan fingerprint density at radius 3 is 2.78 bits per heavy atom. The third kappa shape index (κ3) is 5.52. The van der Waals surface area contributed by atoms with Gasteiger partial charge in [-0.3, -0.25) is 9.69 Å². The molecule has 1 amide bonds. The van der Waals surface area contributed by atoms with E-state index in [4.69, 9.17) is 0 Å². The lowest BCUT2D eigenvalue weighted by Gasteiger charge is -2.32. The van der Waals surface area contributed by atoms with Crippen LogP contribution in [0.5, 0.6) is 0 Å². The van der Waals surface area contributed by atoms with Crippen LogP contribution in [0.4, 0.5) is 13.2 Å². The Kier molecular flexibility index (Phi) is 6.16. The van der Waals surface area contributed by atoms with Crippen LogP contribution in [0.2, 0.25) is 0 Å². The Labute approximate surface area is 160 Å². The predicted octanol–water partition coefficient (Wildman–Crippen LogP) is 4.01. The molecule has 1 N–H and O–H groups in total. The van der Waals surface area contributed by atoms with Crippen molar-refractivity contribution in [1.82, 2.24) is 15.2 Å². The van der Waals surface area contributed by atoms with Gasteiger partial charge in [0.05, 0.1) is 24.7 Å². The highest BCUT2D eigenvalue weighted by molar-refractivity contribution is 7.15. The Hall–Kier alpha value is -1.93. The second-order valence-electron chi connectivity index (χ2n) is 6.80. The molecule has 0 spiro atoms. The Bertz CT molecular complexity index is 776. The highest BCUT2D eigenvalue weighted by Gasteiger charge is 2.34. The topological polar surface area (TPSA) is 45.2 Å². The number of likely N-dealkylation sites (tertiary alicyclic amines) is 1. The molecule has 8 heteroatoms. The normalized spacial score (nSPS) is 18.4. The van der Waals surface area contributed by atoms with Crippen LogP contribution in [0.1, 0.15) is 23.4 Å². The fraction of sp³-hybridized carbons (Fsp3) is 0.474. The molecule has 0 aliphatic carbocycles. The molecule has 4 nitrogen and oxygen atoms in total. The number of aryl methyl sites for hydroxylation is 1. The molecule has 0 bridgehead atoms. The van der Waals surface area contributed by atoms with Crippen LogP contribution in [0.3, 0.4) is 0 Å². The molecular weight excluding hydrogens is 375 g/mol. The van der Waals surface area contributed by atoms with Gasteiger partial charge in [0.25, 0.3) is 0 Å². The van der Waals surface area contributed by atoms with Gasteiger partial charge in [-0.05, 0) is 26.3 Å². The van der Waals surface area contributed by atoms with Gasteiger partial charge in [-0.15, -0.1) is 11.3 Å². The minimum atomic E-state index is -4.23. The number of amides is 1. The molecule has 27 heavy (non-hydrogen) atoms. The van der Waals surface area contributed by atoms with Gasteiger partial charge in [0.2, 0.25) is 5.91 Å². The maximum absolute atomic E-state index is 12.6. The fourth-order valence-corrected chi connectivity index (χ4v) is 4.28. The SMILES string of the molecule is Cc1nc(-c2ccccc2)sc1CNC(=O)C1CCCN(CC(F)(F)F)C1. The molecule has 1 saturated heterocycles. The average Bonchev–Trinajstić information content (AvgIpc) is 3.00. The number of nitrogens with one attached hydrogen (secondary N) is 1. The minimum absolute atomic E-state index is 0.155. The van der Waals surface area contributed by atoms with E-state index < -0.39 is 18.6 Å². The number of hydrogen-bond donors (Lipinski definition) is 1. The van der Waals surface area contributed by atoms with Gasteiger partial charge < -0.3 is 5.32 Å². The van der Waals surface area contributed by atoms with E-state index in [1.807, 2.05) is 37.3 Å². The summed E-state index contributed by atoms with van der Waals surface area (Å²) in [6.45, 7) is 1.84. The van der Waals surface area contributed by atoms with Gasteiger partial charge in [-0.25, -0.2) is 4.98 Å². The number of aromatic nitrogens is 1. The van der Waals surface area contributed by atoms with Crippen LogP contribution >= 0.6 is 11.3 Å². The molecule has 146 valence electrons. The van der Waals surface area contributed by atoms with E-state index >= 15 is 0 Å². The van der Waals surface area contributed by atoms with Gasteiger partial charge in [-0.2, -0.15) is 13.2 Å². The van der Waals surface area contributed by atoms with Crippen molar-refractivity contribution in [3.05, 3.63) is 40.9 Å². The summed E-state index contributed by atoms with van der Waals surface area (Å²) >= 11 is 1.52. The second-order valence-corrected chi connectivity index (χ2v) is 7.88. The third-order valence-corrected chi connectivity index (χ3v) is 5.82. The lowest BCUT2D eigenvalue weighted by molar-refractivity contribution is -0.152. The number of carbonyl (C=O) groups excluding carboxylic acids is 1. The van der Waals surface area contributed by atoms with Crippen molar-refractivity contribution in [2.75, 3.05) is 19.6 Å². The van der Waals surface area contributed by atoms with Gasteiger partial charge in [0.1, 0.15) is 5.01 Å². The lowest BCUT2D eigenvalue weighted by Crippen LogP contribution is -2.45. The first-order valence-corrected chi connectivity index (χ1v) is 9.72. The van der Waals surface area contributed by atoms with E-state index in [2.05, 4.69) is 10.3 Å². The van der Waals surface area contributed by atoms with Crippen LogP contribution in [0.25, 0.3) is 10.6 Å². The van der Waals surface area contributed by atoms with Gasteiger partial charge in [0.15, 0.2) is 0 Å². The van der Waals surface area contributed by atoms with Crippen LogP contribution in [-0.2, 0) is 11.3 Å². The molecular formula is C19H22F3N3OS. The minimum Gasteiger partial charge on any atom is -0.351 e. The highest BCUT2D eigenvalue weighted by atomic mass is 32.1. The lowest BCUT2D eigenvalue weighted by atomic mass is 9.97. The first-order valence-electron chi connectivity index (χ1n) is 8.90. The van der Waals surface area contributed by atoms with Crippen LogP contribution < -0.4 is 5.32 Å². The van der Waals surface area contributed by atoms with E-state index in [0.29, 0.717) is 25.9 Å². The van der Waals surface area contributed by atoms with E-state index in [1.54, 1.807) is 0 Å². The number of alkyl halides is 3. The zero-order valence-electron chi connectivity index (χ0n) is 15.1. The maximum atomic E-state index is 12.6. The molecule has 0 radical (unpaired) electrons. The fourth-order valence-electron chi connectivity index (χ4n) is 3.27. The van der Waals surface area contributed by atoms with Crippen molar-refractivity contribution < 1.29 is 18.0 Å². The number of rotatable bonds is 5. The van der Waals surface area contributed by atoms with Crippen molar-refractivity contribution >= 4 is 17.2 Å². The van der Waals surface area contributed by atoms with Crippen molar-refractivity contribution in [1.29, 1.82) is 0 Å². The monoisotopic (exact) mass is 397 g/mol. The first kappa shape index (κ1) is 19.8. The standard InChI is InChI=1S/C19H22F3N3OS/c1-13-16(27-18(24-13)14-6-3-2-4-7-14)10-23-17(26)15-8-5-9-25(11-15)12-19(20,21)22/h2-4,6-7,15H,5,8-12H2,1H3,(H,23,26). The van der Waals surface area contributed by atoms with Crippen LogP contribution in [0, 0.1) is 12.8 Å². The largest absolute Gasteiger partial charge is 0.401 e. The van der Waals surface area contributed by atoms with Gasteiger partial charge >= 0.3 is 6.18 Å². The quantitative estimate of drug-likeness (QED) is 0.829. The van der Waals surface area contributed by atoms with E-state index in [-0.39, 0.29) is 12.5 Å². The Morgan fingerprint density at radius 1 is 1.33 bits per heavy atom. The summed E-state index contributed by atoms with van der Waals surface area (Å²) in [7, 11) is 0. The zero-order chi connectivity index (χ0) is 19.4.